The zero-order valence-electron chi connectivity index (χ0n) is 6.36. The molecule has 0 radical (unpaired) electrons. The Morgan fingerprint density at radius 2 is 1.70 bits per heavy atom. The number of hydrogen-bond donors (Lipinski definition) is 3. The molecule has 0 saturated carbocycles. The molecular formula is C6H15NO3. The summed E-state index contributed by atoms with van der Waals surface area (Å²) in [7, 11) is 3.47. The van der Waals surface area contributed by atoms with Crippen LogP contribution in [0, 0.1) is 0 Å². The van der Waals surface area contributed by atoms with Crippen molar-refractivity contribution in [3.63, 3.8) is 0 Å². The van der Waals surface area contributed by atoms with E-state index in [0.717, 1.165) is 0 Å². The van der Waals surface area contributed by atoms with E-state index in [-0.39, 0.29) is 19.3 Å². The van der Waals surface area contributed by atoms with Gasteiger partial charge < -0.3 is 20.2 Å². The second-order valence-electron chi connectivity index (χ2n) is 2.46. The van der Waals surface area contributed by atoms with Crippen LogP contribution in [0.1, 0.15) is 0 Å². The Kier molecular flexibility index (Phi) is 4.55. The summed E-state index contributed by atoms with van der Waals surface area (Å²) >= 11 is 0. The van der Waals surface area contributed by atoms with E-state index < -0.39 is 6.10 Å². The van der Waals surface area contributed by atoms with E-state index >= 15 is 0 Å². The van der Waals surface area contributed by atoms with Crippen molar-refractivity contribution in [1.29, 1.82) is 0 Å². The van der Waals surface area contributed by atoms with Crippen molar-refractivity contribution in [3.05, 3.63) is 0 Å². The molecule has 0 spiro atoms. The molecule has 0 aliphatic heterocycles. The van der Waals surface area contributed by atoms with Crippen LogP contribution in [0.15, 0.2) is 0 Å². The van der Waals surface area contributed by atoms with Gasteiger partial charge in [-0.3, -0.25) is 0 Å². The number of aliphatic hydroxyl groups excluding tert-OH is 3. The highest BCUT2D eigenvalue weighted by Gasteiger charge is 2.18. The van der Waals surface area contributed by atoms with Crippen molar-refractivity contribution >= 4 is 0 Å². The number of likely N-dealkylation sites (N-methyl/N-ethyl adjacent to an activating group) is 1. The Bertz CT molecular complexity index is 87.1. The number of rotatable bonds is 4. The van der Waals surface area contributed by atoms with E-state index in [0.29, 0.717) is 0 Å². The maximum atomic E-state index is 9.04. The average molecular weight is 149 g/mol. The fraction of sp³-hybridized carbons (Fsp3) is 1.00. The third kappa shape index (κ3) is 2.62. The van der Waals surface area contributed by atoms with Crippen molar-refractivity contribution in [1.82, 2.24) is 4.90 Å². The lowest BCUT2D eigenvalue weighted by Gasteiger charge is -2.25. The Hall–Kier alpha value is -0.160. The molecule has 2 unspecified atom stereocenters. The molecule has 10 heavy (non-hydrogen) atoms. The normalized spacial score (nSPS) is 17.4. The van der Waals surface area contributed by atoms with Crippen LogP contribution < -0.4 is 0 Å². The third-order valence-electron chi connectivity index (χ3n) is 1.48. The minimum atomic E-state index is -0.861. The fourth-order valence-electron chi connectivity index (χ4n) is 0.751. The summed E-state index contributed by atoms with van der Waals surface area (Å²) in [5.74, 6) is 0. The van der Waals surface area contributed by atoms with Gasteiger partial charge in [-0.25, -0.2) is 0 Å². The second-order valence-corrected chi connectivity index (χ2v) is 2.46. The van der Waals surface area contributed by atoms with Crippen LogP contribution in [0.5, 0.6) is 0 Å². The quantitative estimate of drug-likeness (QED) is 0.444. The smallest absolute Gasteiger partial charge is 0.0947 e. The van der Waals surface area contributed by atoms with Crippen molar-refractivity contribution in [2.75, 3.05) is 27.3 Å². The lowest BCUT2D eigenvalue weighted by Crippen LogP contribution is -2.43. The number of aliphatic hydroxyl groups is 3. The minimum absolute atomic E-state index is 0.144. The maximum Gasteiger partial charge on any atom is 0.0947 e. The molecule has 0 aromatic heterocycles. The molecule has 0 fully saturated rings. The van der Waals surface area contributed by atoms with Gasteiger partial charge in [-0.05, 0) is 14.1 Å². The largest absolute Gasteiger partial charge is 0.395 e. The molecule has 4 heteroatoms. The van der Waals surface area contributed by atoms with Gasteiger partial charge in [0.2, 0.25) is 0 Å². The van der Waals surface area contributed by atoms with E-state index in [2.05, 4.69) is 0 Å². The van der Waals surface area contributed by atoms with Crippen LogP contribution in [-0.2, 0) is 0 Å². The Labute approximate surface area is 60.7 Å². The van der Waals surface area contributed by atoms with E-state index in [1.807, 2.05) is 0 Å². The molecule has 0 aliphatic rings. The van der Waals surface area contributed by atoms with Crippen molar-refractivity contribution < 1.29 is 15.3 Å². The predicted molar refractivity (Wildman–Crippen MR) is 37.7 cm³/mol. The van der Waals surface area contributed by atoms with Gasteiger partial charge in [-0.15, -0.1) is 0 Å². The molecule has 0 bridgehead atoms. The Morgan fingerprint density at radius 1 is 1.20 bits per heavy atom. The fourth-order valence-corrected chi connectivity index (χ4v) is 0.751. The Balaban J connectivity index is 3.80. The summed E-state index contributed by atoms with van der Waals surface area (Å²) in [6, 6.07) is -0.370. The van der Waals surface area contributed by atoms with Crippen molar-refractivity contribution in [2.24, 2.45) is 0 Å². The molecule has 0 aliphatic carbocycles. The van der Waals surface area contributed by atoms with E-state index in [1.54, 1.807) is 19.0 Å². The third-order valence-corrected chi connectivity index (χ3v) is 1.48. The topological polar surface area (TPSA) is 63.9 Å². The van der Waals surface area contributed by atoms with E-state index in [4.69, 9.17) is 15.3 Å². The first-order valence-electron chi connectivity index (χ1n) is 3.19. The second kappa shape index (κ2) is 4.62. The molecule has 0 aromatic rings. The number of hydrogen-bond acceptors (Lipinski definition) is 4. The van der Waals surface area contributed by atoms with Gasteiger partial charge in [-0.2, -0.15) is 0 Å². The first-order valence-corrected chi connectivity index (χ1v) is 3.19. The molecule has 0 rings (SSSR count). The highest BCUT2D eigenvalue weighted by molar-refractivity contribution is 4.73. The molecule has 0 amide bonds. The molecule has 2 atom stereocenters. The zero-order chi connectivity index (χ0) is 8.15. The summed E-state index contributed by atoms with van der Waals surface area (Å²) in [6.45, 7) is -0.460. The van der Waals surface area contributed by atoms with Crippen LogP contribution in [0.4, 0.5) is 0 Å². The van der Waals surface area contributed by atoms with E-state index in [1.165, 1.54) is 0 Å². The molecule has 3 N–H and O–H groups in total. The van der Waals surface area contributed by atoms with Gasteiger partial charge in [-0.1, -0.05) is 0 Å². The monoisotopic (exact) mass is 149 g/mol. The van der Waals surface area contributed by atoms with Crippen molar-refractivity contribution in [2.45, 2.75) is 12.1 Å². The zero-order valence-corrected chi connectivity index (χ0v) is 6.36. The van der Waals surface area contributed by atoms with Crippen LogP contribution >= 0.6 is 0 Å². The molecular weight excluding hydrogens is 134 g/mol. The first kappa shape index (κ1) is 9.84. The predicted octanol–water partition coefficient (Wildman–Crippen LogP) is -1.74. The molecule has 4 nitrogen and oxygen atoms in total. The highest BCUT2D eigenvalue weighted by atomic mass is 16.3. The van der Waals surface area contributed by atoms with Crippen molar-refractivity contribution in [3.8, 4) is 0 Å². The number of nitrogens with zero attached hydrogens (tertiary/aromatic N) is 1. The summed E-state index contributed by atoms with van der Waals surface area (Å²) in [5.41, 5.74) is 0. The van der Waals surface area contributed by atoms with Gasteiger partial charge in [0.25, 0.3) is 0 Å². The van der Waals surface area contributed by atoms with Gasteiger partial charge in [0.1, 0.15) is 0 Å². The van der Waals surface area contributed by atoms with E-state index in [9.17, 15) is 0 Å². The van der Waals surface area contributed by atoms with Gasteiger partial charge >= 0.3 is 0 Å². The van der Waals surface area contributed by atoms with Crippen LogP contribution in [0.25, 0.3) is 0 Å². The van der Waals surface area contributed by atoms with Crippen LogP contribution in [0.2, 0.25) is 0 Å². The van der Waals surface area contributed by atoms with Gasteiger partial charge in [0, 0.05) is 0 Å². The Morgan fingerprint density at radius 3 is 1.80 bits per heavy atom. The molecule has 0 heterocycles. The summed E-state index contributed by atoms with van der Waals surface area (Å²) < 4.78 is 0. The maximum absolute atomic E-state index is 9.04. The summed E-state index contributed by atoms with van der Waals surface area (Å²) in [5, 5.41) is 26.2. The first-order chi connectivity index (χ1) is 4.63. The standard InChI is InChI=1S/C6H15NO3/c1-7(2)5(3-8)6(10)4-9/h5-6,8-10H,3-4H2,1-2H3. The average Bonchev–Trinajstić information content (AvgIpc) is 1.88. The summed E-state index contributed by atoms with van der Waals surface area (Å²) in [6.07, 6.45) is -0.861. The summed E-state index contributed by atoms with van der Waals surface area (Å²) in [4.78, 5) is 1.67. The minimum Gasteiger partial charge on any atom is -0.395 e. The molecule has 0 saturated heterocycles. The lowest BCUT2D eigenvalue weighted by molar-refractivity contribution is 0.00467. The van der Waals surface area contributed by atoms with Gasteiger partial charge in [0.15, 0.2) is 0 Å². The van der Waals surface area contributed by atoms with Crippen LogP contribution in [-0.4, -0.2) is 59.7 Å². The SMILES string of the molecule is CN(C)C(CO)C(O)CO. The lowest BCUT2D eigenvalue weighted by atomic mass is 10.2. The van der Waals surface area contributed by atoms with Gasteiger partial charge in [0.05, 0.1) is 25.4 Å². The van der Waals surface area contributed by atoms with Crippen LogP contribution in [0.3, 0.4) is 0 Å². The highest BCUT2D eigenvalue weighted by Crippen LogP contribution is 1.97. The molecule has 62 valence electrons. The molecule has 0 aromatic carbocycles.